The third-order valence-electron chi connectivity index (χ3n) is 1.46. The molecule has 1 amide bonds. The van der Waals surface area contributed by atoms with E-state index in [1.807, 2.05) is 0 Å². The number of anilines is 1. The molecule has 0 aliphatic carbocycles. The smallest absolute Gasteiger partial charge is 0.302 e. The number of nitrogens with one attached hydrogen (secondary N) is 1. The van der Waals surface area contributed by atoms with Crippen molar-refractivity contribution in [3.63, 3.8) is 0 Å². The lowest BCUT2D eigenvalue weighted by atomic mass is 10.3. The molecular weight excluding hydrogens is 242 g/mol. The first-order chi connectivity index (χ1) is 7.13. The Morgan fingerprint density at radius 2 is 2.47 bits per heavy atom. The lowest BCUT2D eigenvalue weighted by Crippen LogP contribution is -2.10. The van der Waals surface area contributed by atoms with Gasteiger partial charge in [0.2, 0.25) is 5.91 Å². The minimum atomic E-state index is -0.550. The van der Waals surface area contributed by atoms with Crippen LogP contribution >= 0.6 is 22.9 Å². The molecule has 1 aromatic rings. The first kappa shape index (κ1) is 11.9. The van der Waals surface area contributed by atoms with E-state index in [4.69, 9.17) is 11.6 Å². The number of rotatable bonds is 5. The van der Waals surface area contributed by atoms with Crippen molar-refractivity contribution >= 4 is 39.0 Å². The van der Waals surface area contributed by atoms with E-state index < -0.39 is 4.92 Å². The summed E-state index contributed by atoms with van der Waals surface area (Å²) in [5.74, 6) is 0.172. The molecule has 0 fully saturated rings. The third kappa shape index (κ3) is 3.80. The van der Waals surface area contributed by atoms with E-state index in [9.17, 15) is 14.9 Å². The minimum absolute atomic E-state index is 0.0948. The summed E-state index contributed by atoms with van der Waals surface area (Å²) < 4.78 is 0. The molecule has 6 nitrogen and oxygen atoms in total. The third-order valence-corrected chi connectivity index (χ3v) is 2.59. The van der Waals surface area contributed by atoms with Gasteiger partial charge < -0.3 is 5.32 Å². The van der Waals surface area contributed by atoms with Crippen molar-refractivity contribution in [3.05, 3.63) is 16.3 Å². The first-order valence-electron chi connectivity index (χ1n) is 4.09. The normalized spacial score (nSPS) is 9.93. The molecule has 0 aliphatic rings. The molecule has 0 saturated heterocycles. The summed E-state index contributed by atoms with van der Waals surface area (Å²) in [6.45, 7) is 0. The number of hydrogen-bond acceptors (Lipinski definition) is 5. The van der Waals surface area contributed by atoms with Crippen LogP contribution in [0.4, 0.5) is 10.1 Å². The summed E-state index contributed by atoms with van der Waals surface area (Å²) >= 11 is 6.24. The Morgan fingerprint density at radius 1 is 1.73 bits per heavy atom. The summed E-state index contributed by atoms with van der Waals surface area (Å²) in [6.07, 6.45) is 1.97. The van der Waals surface area contributed by atoms with E-state index in [-0.39, 0.29) is 22.5 Å². The van der Waals surface area contributed by atoms with Gasteiger partial charge in [0.25, 0.3) is 0 Å². The van der Waals surface area contributed by atoms with Crippen molar-refractivity contribution in [2.75, 3.05) is 11.2 Å². The number of amides is 1. The fourth-order valence-electron chi connectivity index (χ4n) is 0.817. The van der Waals surface area contributed by atoms with E-state index in [0.717, 1.165) is 17.5 Å². The van der Waals surface area contributed by atoms with E-state index >= 15 is 0 Å². The second-order valence-electron chi connectivity index (χ2n) is 2.60. The Kier molecular flexibility index (Phi) is 4.44. The van der Waals surface area contributed by atoms with Gasteiger partial charge in [0.15, 0.2) is 5.13 Å². The molecule has 0 radical (unpaired) electrons. The van der Waals surface area contributed by atoms with E-state index in [1.165, 1.54) is 0 Å². The molecular formula is C7H8ClN3O3S. The number of alkyl halides is 1. The molecule has 1 heterocycles. The van der Waals surface area contributed by atoms with Crippen LogP contribution in [0.3, 0.4) is 0 Å². The zero-order chi connectivity index (χ0) is 11.3. The second-order valence-corrected chi connectivity index (χ2v) is 3.99. The summed E-state index contributed by atoms with van der Waals surface area (Å²) in [5, 5.41) is 12.9. The van der Waals surface area contributed by atoms with Gasteiger partial charge in [-0.3, -0.25) is 14.9 Å². The van der Waals surface area contributed by atoms with Crippen LogP contribution in [0.25, 0.3) is 0 Å². The fraction of sp³-hybridized carbons (Fsp3) is 0.429. The lowest BCUT2D eigenvalue weighted by molar-refractivity contribution is -0.380. The van der Waals surface area contributed by atoms with Crippen LogP contribution in [0.5, 0.6) is 0 Å². The Hall–Kier alpha value is -1.21. The van der Waals surface area contributed by atoms with Crippen molar-refractivity contribution in [2.45, 2.75) is 12.8 Å². The summed E-state index contributed by atoms with van der Waals surface area (Å²) in [6, 6.07) is 0. The zero-order valence-corrected chi connectivity index (χ0v) is 9.18. The number of carbonyl (C=O) groups is 1. The minimum Gasteiger partial charge on any atom is -0.302 e. The van der Waals surface area contributed by atoms with Crippen molar-refractivity contribution in [1.82, 2.24) is 4.98 Å². The van der Waals surface area contributed by atoms with Gasteiger partial charge in [0.05, 0.1) is 4.92 Å². The fourth-order valence-corrected chi connectivity index (χ4v) is 1.60. The quantitative estimate of drug-likeness (QED) is 0.491. The van der Waals surface area contributed by atoms with Crippen molar-refractivity contribution in [2.24, 2.45) is 0 Å². The maximum atomic E-state index is 11.2. The summed E-state index contributed by atoms with van der Waals surface area (Å²) in [4.78, 5) is 24.6. The molecule has 1 N–H and O–H groups in total. The molecule has 0 spiro atoms. The highest BCUT2D eigenvalue weighted by molar-refractivity contribution is 7.18. The second kappa shape index (κ2) is 5.62. The highest BCUT2D eigenvalue weighted by atomic mass is 35.5. The number of thiazole rings is 1. The molecule has 0 aliphatic heterocycles. The molecule has 1 rings (SSSR count). The van der Waals surface area contributed by atoms with Crippen LogP contribution in [0, 0.1) is 10.1 Å². The molecule has 1 aromatic heterocycles. The Morgan fingerprint density at radius 3 is 3.00 bits per heavy atom. The monoisotopic (exact) mass is 249 g/mol. The zero-order valence-electron chi connectivity index (χ0n) is 7.60. The molecule has 0 aromatic carbocycles. The van der Waals surface area contributed by atoms with Crippen LogP contribution in [0.1, 0.15) is 12.8 Å². The Balaban J connectivity index is 2.50. The Labute approximate surface area is 94.4 Å². The standard InChI is InChI=1S/C7H8ClN3O3S/c8-3-1-2-5(12)10-7-9-4-6(15-7)11(13)14/h4H,1-3H2,(H,9,10,12). The molecule has 0 saturated carbocycles. The number of halogens is 1. The average molecular weight is 250 g/mol. The predicted octanol–water partition coefficient (Wildman–Crippen LogP) is 2.01. The lowest BCUT2D eigenvalue weighted by Gasteiger charge is -1.98. The van der Waals surface area contributed by atoms with Crippen LogP contribution in [0.2, 0.25) is 0 Å². The number of aromatic nitrogens is 1. The van der Waals surface area contributed by atoms with Crippen molar-refractivity contribution in [1.29, 1.82) is 0 Å². The number of nitro groups is 1. The number of hydrogen-bond donors (Lipinski definition) is 1. The largest absolute Gasteiger partial charge is 0.345 e. The van der Waals surface area contributed by atoms with Gasteiger partial charge in [-0.1, -0.05) is 0 Å². The number of nitrogens with zero attached hydrogens (tertiary/aromatic N) is 2. The number of carbonyl (C=O) groups excluding carboxylic acids is 1. The molecule has 82 valence electrons. The maximum absolute atomic E-state index is 11.2. The summed E-state index contributed by atoms with van der Waals surface area (Å²) in [7, 11) is 0. The van der Waals surface area contributed by atoms with E-state index in [0.29, 0.717) is 12.3 Å². The van der Waals surface area contributed by atoms with Gasteiger partial charge in [-0.15, -0.1) is 11.6 Å². The highest BCUT2D eigenvalue weighted by Crippen LogP contribution is 2.24. The predicted molar refractivity (Wildman–Crippen MR) is 57.4 cm³/mol. The Bertz CT molecular complexity index is 368. The molecule has 15 heavy (non-hydrogen) atoms. The first-order valence-corrected chi connectivity index (χ1v) is 5.44. The van der Waals surface area contributed by atoms with Gasteiger partial charge in [-0.25, -0.2) is 4.98 Å². The summed E-state index contributed by atoms with van der Waals surface area (Å²) in [5.41, 5.74) is 0. The van der Waals surface area contributed by atoms with E-state index in [1.54, 1.807) is 0 Å². The molecule has 0 atom stereocenters. The molecule has 0 bridgehead atoms. The SMILES string of the molecule is O=C(CCCCl)Nc1ncc([N+](=O)[O-])s1. The topological polar surface area (TPSA) is 85.1 Å². The van der Waals surface area contributed by atoms with Crippen LogP contribution < -0.4 is 5.32 Å². The van der Waals surface area contributed by atoms with Crippen molar-refractivity contribution < 1.29 is 9.72 Å². The average Bonchev–Trinajstić information content (AvgIpc) is 2.63. The molecule has 0 unspecified atom stereocenters. The maximum Gasteiger partial charge on any atom is 0.345 e. The van der Waals surface area contributed by atoms with Gasteiger partial charge >= 0.3 is 5.00 Å². The van der Waals surface area contributed by atoms with E-state index in [2.05, 4.69) is 10.3 Å². The van der Waals surface area contributed by atoms with Gasteiger partial charge in [-0.05, 0) is 17.8 Å². The van der Waals surface area contributed by atoms with Gasteiger partial charge in [0, 0.05) is 12.3 Å². The van der Waals surface area contributed by atoms with Gasteiger partial charge in [-0.2, -0.15) is 0 Å². The van der Waals surface area contributed by atoms with Crippen molar-refractivity contribution in [3.8, 4) is 0 Å². The van der Waals surface area contributed by atoms with Gasteiger partial charge in [0.1, 0.15) is 6.20 Å². The van der Waals surface area contributed by atoms with Crippen LogP contribution in [0.15, 0.2) is 6.20 Å². The van der Waals surface area contributed by atoms with Crippen LogP contribution in [-0.2, 0) is 4.79 Å². The molecule has 8 heteroatoms. The van der Waals surface area contributed by atoms with Crippen LogP contribution in [-0.4, -0.2) is 21.7 Å². The highest BCUT2D eigenvalue weighted by Gasteiger charge is 2.12.